The van der Waals surface area contributed by atoms with E-state index in [9.17, 15) is 4.39 Å². The van der Waals surface area contributed by atoms with Crippen LogP contribution in [0.2, 0.25) is 0 Å². The van der Waals surface area contributed by atoms with Crippen LogP contribution in [-0.4, -0.2) is 7.11 Å². The molecule has 1 atom stereocenters. The Morgan fingerprint density at radius 1 is 1.35 bits per heavy atom. The van der Waals surface area contributed by atoms with Crippen LogP contribution in [0.3, 0.4) is 0 Å². The van der Waals surface area contributed by atoms with Crippen LogP contribution in [-0.2, 0) is 0 Å². The number of rotatable bonds is 4. The van der Waals surface area contributed by atoms with Gasteiger partial charge >= 0.3 is 0 Å². The van der Waals surface area contributed by atoms with Gasteiger partial charge in [0, 0.05) is 5.39 Å². The smallest absolute Gasteiger partial charge is 0.134 e. The molecule has 3 rings (SSSR count). The molecule has 1 aromatic carbocycles. The molecule has 6 heteroatoms. The number of hydrogen-bond donors (Lipinski definition) is 2. The van der Waals surface area contributed by atoms with Gasteiger partial charge in [-0.05, 0) is 35.7 Å². The summed E-state index contributed by atoms with van der Waals surface area (Å²) in [6.45, 7) is 0. The molecule has 0 aliphatic carbocycles. The predicted molar refractivity (Wildman–Crippen MR) is 76.2 cm³/mol. The molecule has 0 saturated carbocycles. The first-order valence-electron chi connectivity index (χ1n) is 5.99. The number of fused-ring (bicyclic) bond motifs is 1. The summed E-state index contributed by atoms with van der Waals surface area (Å²) in [6.07, 6.45) is 0. The summed E-state index contributed by atoms with van der Waals surface area (Å²) in [5, 5.41) is 2.62. The van der Waals surface area contributed by atoms with Gasteiger partial charge in [-0.1, -0.05) is 0 Å². The molecular weight excluding hydrogens is 279 g/mol. The average molecular weight is 292 g/mol. The molecule has 20 heavy (non-hydrogen) atoms. The molecule has 0 bridgehead atoms. The third kappa shape index (κ3) is 2.18. The van der Waals surface area contributed by atoms with E-state index < -0.39 is 0 Å². The van der Waals surface area contributed by atoms with E-state index in [1.807, 2.05) is 11.4 Å². The van der Waals surface area contributed by atoms with Crippen LogP contribution in [0, 0.1) is 5.82 Å². The number of hydrazine groups is 1. The first kappa shape index (κ1) is 13.1. The zero-order valence-electron chi connectivity index (χ0n) is 10.7. The summed E-state index contributed by atoms with van der Waals surface area (Å²) < 4.78 is 24.3. The van der Waals surface area contributed by atoms with Gasteiger partial charge in [-0.2, -0.15) is 0 Å². The fraction of sp³-hybridized carbons (Fsp3) is 0.143. The van der Waals surface area contributed by atoms with E-state index in [0.29, 0.717) is 16.7 Å². The summed E-state index contributed by atoms with van der Waals surface area (Å²) in [4.78, 5) is 0.912. The maximum Gasteiger partial charge on any atom is 0.134 e. The molecule has 0 radical (unpaired) electrons. The first-order valence-corrected chi connectivity index (χ1v) is 6.87. The Kier molecular flexibility index (Phi) is 3.43. The molecule has 0 amide bonds. The summed E-state index contributed by atoms with van der Waals surface area (Å²) in [5.41, 5.74) is 3.34. The molecule has 0 aliphatic heterocycles. The zero-order chi connectivity index (χ0) is 14.1. The number of halogens is 1. The minimum Gasteiger partial charge on any atom is -0.496 e. The Labute approximate surface area is 118 Å². The number of thiophene rings is 1. The van der Waals surface area contributed by atoms with Gasteiger partial charge < -0.3 is 9.15 Å². The molecule has 0 fully saturated rings. The summed E-state index contributed by atoms with van der Waals surface area (Å²) in [6, 6.07) is 7.72. The van der Waals surface area contributed by atoms with E-state index in [1.165, 1.54) is 23.5 Å². The van der Waals surface area contributed by atoms with E-state index in [2.05, 4.69) is 5.43 Å². The molecule has 2 aromatic heterocycles. The van der Waals surface area contributed by atoms with E-state index >= 15 is 0 Å². The van der Waals surface area contributed by atoms with E-state index in [4.69, 9.17) is 15.0 Å². The minimum absolute atomic E-state index is 0.296. The normalized spacial score (nSPS) is 12.8. The lowest BCUT2D eigenvalue weighted by Crippen LogP contribution is -2.28. The third-order valence-electron chi connectivity index (χ3n) is 3.09. The fourth-order valence-corrected chi connectivity index (χ4v) is 3.08. The second-order valence-electron chi connectivity index (χ2n) is 4.28. The third-order valence-corrected chi connectivity index (χ3v) is 4.05. The van der Waals surface area contributed by atoms with Crippen LogP contribution in [0.4, 0.5) is 4.39 Å². The SMILES string of the molecule is COc1ccsc1C(NN)c1cc2cc(F)ccc2o1. The molecule has 0 spiro atoms. The standard InChI is InChI=1S/C14H13FN2O2S/c1-18-11-4-5-20-14(11)13(17-16)12-7-8-6-9(15)2-3-10(8)19-12/h2-7,13,17H,16H2,1H3. The number of nitrogens with one attached hydrogen (secondary N) is 1. The Hall–Kier alpha value is -1.89. The van der Waals surface area contributed by atoms with Gasteiger partial charge in [0.25, 0.3) is 0 Å². The maximum absolute atomic E-state index is 13.2. The second-order valence-corrected chi connectivity index (χ2v) is 5.23. The van der Waals surface area contributed by atoms with Gasteiger partial charge in [-0.15, -0.1) is 11.3 Å². The molecule has 2 heterocycles. The van der Waals surface area contributed by atoms with Crippen molar-refractivity contribution in [1.29, 1.82) is 0 Å². The quantitative estimate of drug-likeness (QED) is 0.572. The molecule has 0 aliphatic rings. The molecule has 3 N–H and O–H groups in total. The number of nitrogens with two attached hydrogens (primary N) is 1. The topological polar surface area (TPSA) is 60.4 Å². The highest BCUT2D eigenvalue weighted by Crippen LogP contribution is 2.36. The maximum atomic E-state index is 13.2. The minimum atomic E-state index is -0.333. The van der Waals surface area contributed by atoms with E-state index in [0.717, 1.165) is 10.6 Å². The van der Waals surface area contributed by atoms with E-state index in [-0.39, 0.29) is 11.9 Å². The number of hydrogen-bond acceptors (Lipinski definition) is 5. The van der Waals surface area contributed by atoms with Gasteiger partial charge in [-0.25, -0.2) is 9.82 Å². The van der Waals surface area contributed by atoms with Crippen LogP contribution in [0.1, 0.15) is 16.7 Å². The van der Waals surface area contributed by atoms with Crippen LogP contribution < -0.4 is 16.0 Å². The Balaban J connectivity index is 2.07. The number of benzene rings is 1. The van der Waals surface area contributed by atoms with E-state index in [1.54, 1.807) is 19.2 Å². The highest BCUT2D eigenvalue weighted by molar-refractivity contribution is 7.10. The van der Waals surface area contributed by atoms with Gasteiger partial charge in [0.1, 0.15) is 29.0 Å². The fourth-order valence-electron chi connectivity index (χ4n) is 2.15. The second kappa shape index (κ2) is 5.24. The molecule has 104 valence electrons. The molecule has 3 aromatic rings. The largest absolute Gasteiger partial charge is 0.496 e. The lowest BCUT2D eigenvalue weighted by Gasteiger charge is -2.13. The van der Waals surface area contributed by atoms with Crippen molar-refractivity contribution in [3.63, 3.8) is 0 Å². The van der Waals surface area contributed by atoms with Crippen LogP contribution in [0.5, 0.6) is 5.75 Å². The van der Waals surface area contributed by atoms with Gasteiger partial charge in [0.15, 0.2) is 0 Å². The molecule has 0 saturated heterocycles. The van der Waals surface area contributed by atoms with Gasteiger partial charge in [0.05, 0.1) is 12.0 Å². The summed E-state index contributed by atoms with van der Waals surface area (Å²) in [5.74, 6) is 6.70. The van der Waals surface area contributed by atoms with Crippen molar-refractivity contribution in [2.45, 2.75) is 6.04 Å². The Bertz CT molecular complexity index is 738. The number of ether oxygens (including phenoxy) is 1. The molecular formula is C14H13FN2O2S. The van der Waals surface area contributed by atoms with Crippen LogP contribution >= 0.6 is 11.3 Å². The van der Waals surface area contributed by atoms with Crippen LogP contribution in [0.25, 0.3) is 11.0 Å². The van der Waals surface area contributed by atoms with Crippen LogP contribution in [0.15, 0.2) is 40.1 Å². The van der Waals surface area contributed by atoms with Crippen molar-refractivity contribution < 1.29 is 13.5 Å². The van der Waals surface area contributed by atoms with Gasteiger partial charge in [0.2, 0.25) is 0 Å². The Morgan fingerprint density at radius 3 is 2.95 bits per heavy atom. The predicted octanol–water partition coefficient (Wildman–Crippen LogP) is 3.19. The average Bonchev–Trinajstić information content (AvgIpc) is 3.05. The summed E-state index contributed by atoms with van der Waals surface area (Å²) in [7, 11) is 1.60. The van der Waals surface area contributed by atoms with Crippen molar-refractivity contribution in [2.24, 2.45) is 5.84 Å². The molecule has 4 nitrogen and oxygen atoms in total. The first-order chi connectivity index (χ1) is 9.72. The summed E-state index contributed by atoms with van der Waals surface area (Å²) >= 11 is 1.51. The van der Waals surface area contributed by atoms with Crippen molar-refractivity contribution >= 4 is 22.3 Å². The number of furan rings is 1. The van der Waals surface area contributed by atoms with Crippen molar-refractivity contribution in [2.75, 3.05) is 7.11 Å². The van der Waals surface area contributed by atoms with Crippen molar-refractivity contribution in [3.05, 3.63) is 52.2 Å². The van der Waals surface area contributed by atoms with Gasteiger partial charge in [-0.3, -0.25) is 5.84 Å². The van der Waals surface area contributed by atoms with Crippen molar-refractivity contribution in [1.82, 2.24) is 5.43 Å². The molecule has 1 unspecified atom stereocenters. The zero-order valence-corrected chi connectivity index (χ0v) is 11.5. The highest BCUT2D eigenvalue weighted by atomic mass is 32.1. The lowest BCUT2D eigenvalue weighted by atomic mass is 10.1. The Morgan fingerprint density at radius 2 is 2.20 bits per heavy atom. The van der Waals surface area contributed by atoms with Crippen molar-refractivity contribution in [3.8, 4) is 5.75 Å². The number of methoxy groups -OCH3 is 1. The lowest BCUT2D eigenvalue weighted by molar-refractivity contribution is 0.401. The monoisotopic (exact) mass is 292 g/mol. The highest BCUT2D eigenvalue weighted by Gasteiger charge is 2.22.